The van der Waals surface area contributed by atoms with Gasteiger partial charge >= 0.3 is 0 Å². The number of benzene rings is 1. The van der Waals surface area contributed by atoms with Crippen molar-refractivity contribution in [3.63, 3.8) is 0 Å². The molecule has 0 amide bonds. The minimum absolute atomic E-state index is 0.0476. The van der Waals surface area contributed by atoms with Gasteiger partial charge in [-0.3, -0.25) is 14.5 Å². The number of carbonyl (C=O) groups is 2. The Labute approximate surface area is 128 Å². The fourth-order valence-corrected chi connectivity index (χ4v) is 2.87. The number of piperidine rings is 1. The van der Waals surface area contributed by atoms with Crippen LogP contribution in [0.25, 0.3) is 0 Å². The first kappa shape index (κ1) is 15.5. The van der Waals surface area contributed by atoms with E-state index in [4.69, 9.17) is 23.2 Å². The number of Topliss-reactive ketones (excluding diaryl/α,β-unsaturated/α-hetero) is 2. The zero-order valence-electron chi connectivity index (χ0n) is 11.4. The molecule has 1 atom stereocenters. The first-order chi connectivity index (χ1) is 9.51. The molecule has 5 heteroatoms. The van der Waals surface area contributed by atoms with Gasteiger partial charge in [0.05, 0.1) is 11.6 Å². The number of ketones is 2. The Hall–Kier alpha value is -0.900. The maximum Gasteiger partial charge on any atom is 0.178 e. The van der Waals surface area contributed by atoms with E-state index in [-0.39, 0.29) is 18.2 Å². The molecular formula is C15H17Cl2NO2. The topological polar surface area (TPSA) is 37.4 Å². The number of hydrogen-bond acceptors (Lipinski definition) is 3. The molecule has 1 aliphatic heterocycles. The quantitative estimate of drug-likeness (QED) is 0.799. The molecule has 108 valence electrons. The maximum atomic E-state index is 12.3. The molecule has 1 unspecified atom stereocenters. The van der Waals surface area contributed by atoms with Crippen LogP contribution < -0.4 is 0 Å². The molecule has 1 aromatic rings. The highest BCUT2D eigenvalue weighted by atomic mass is 35.5. The van der Waals surface area contributed by atoms with Gasteiger partial charge in [-0.25, -0.2) is 0 Å². The lowest BCUT2D eigenvalue weighted by atomic mass is 9.94. The van der Waals surface area contributed by atoms with Crippen LogP contribution in [-0.2, 0) is 4.79 Å². The number of halogens is 2. The molecule has 0 bridgehead atoms. The van der Waals surface area contributed by atoms with E-state index < -0.39 is 0 Å². The van der Waals surface area contributed by atoms with Crippen LogP contribution in [0.2, 0.25) is 10.0 Å². The summed E-state index contributed by atoms with van der Waals surface area (Å²) in [6.07, 6.45) is 1.34. The molecule has 0 spiro atoms. The number of rotatable bonds is 4. The van der Waals surface area contributed by atoms with Gasteiger partial charge in [-0.2, -0.15) is 0 Å². The molecule has 1 aromatic carbocycles. The number of nitrogens with zero attached hydrogens (tertiary/aromatic N) is 1. The van der Waals surface area contributed by atoms with Crippen LogP contribution in [0.4, 0.5) is 0 Å². The Kier molecular flexibility index (Phi) is 5.19. The van der Waals surface area contributed by atoms with Gasteiger partial charge in [0.2, 0.25) is 0 Å². The average molecular weight is 314 g/mol. The van der Waals surface area contributed by atoms with Crippen LogP contribution in [0.15, 0.2) is 18.2 Å². The van der Waals surface area contributed by atoms with Gasteiger partial charge in [0, 0.05) is 36.0 Å². The van der Waals surface area contributed by atoms with E-state index in [9.17, 15) is 9.59 Å². The van der Waals surface area contributed by atoms with Crippen LogP contribution >= 0.6 is 23.2 Å². The van der Waals surface area contributed by atoms with E-state index in [1.165, 1.54) is 0 Å². The normalized spacial score (nSPS) is 20.1. The van der Waals surface area contributed by atoms with Gasteiger partial charge in [-0.1, -0.05) is 30.1 Å². The molecule has 0 aromatic heterocycles. The Morgan fingerprint density at radius 3 is 2.85 bits per heavy atom. The second-order valence-corrected chi connectivity index (χ2v) is 5.95. The van der Waals surface area contributed by atoms with E-state index in [0.717, 1.165) is 6.42 Å². The van der Waals surface area contributed by atoms with Gasteiger partial charge < -0.3 is 0 Å². The van der Waals surface area contributed by atoms with E-state index in [2.05, 4.69) is 0 Å². The van der Waals surface area contributed by atoms with Crippen LogP contribution in [-0.4, -0.2) is 36.1 Å². The third kappa shape index (κ3) is 3.60. The molecule has 2 rings (SSSR count). The van der Waals surface area contributed by atoms with Crippen molar-refractivity contribution in [1.82, 2.24) is 4.90 Å². The highest BCUT2D eigenvalue weighted by Gasteiger charge is 2.27. The van der Waals surface area contributed by atoms with Crippen molar-refractivity contribution in [2.24, 2.45) is 5.92 Å². The first-order valence-electron chi connectivity index (χ1n) is 6.74. The standard InChI is InChI=1S/C15H17Cl2NO2/c1-2-10-8-18(6-5-14(10)19)9-15(20)12-7-11(16)3-4-13(12)17/h3-4,7,10H,2,5-6,8-9H2,1H3. The van der Waals surface area contributed by atoms with Crippen LogP contribution in [0.5, 0.6) is 0 Å². The summed E-state index contributed by atoms with van der Waals surface area (Å²) in [7, 11) is 0. The molecular weight excluding hydrogens is 297 g/mol. The number of hydrogen-bond donors (Lipinski definition) is 0. The third-order valence-corrected chi connectivity index (χ3v) is 4.26. The molecule has 1 fully saturated rings. The fraction of sp³-hybridized carbons (Fsp3) is 0.467. The second-order valence-electron chi connectivity index (χ2n) is 5.10. The van der Waals surface area contributed by atoms with Gasteiger partial charge in [0.1, 0.15) is 5.78 Å². The van der Waals surface area contributed by atoms with Crippen molar-refractivity contribution >= 4 is 34.8 Å². The largest absolute Gasteiger partial charge is 0.299 e. The smallest absolute Gasteiger partial charge is 0.178 e. The van der Waals surface area contributed by atoms with Gasteiger partial charge in [0.15, 0.2) is 5.78 Å². The Morgan fingerprint density at radius 2 is 2.15 bits per heavy atom. The lowest BCUT2D eigenvalue weighted by Crippen LogP contribution is -2.43. The molecule has 0 radical (unpaired) electrons. The summed E-state index contributed by atoms with van der Waals surface area (Å²) < 4.78 is 0. The predicted octanol–water partition coefficient (Wildman–Crippen LogP) is 3.48. The lowest BCUT2D eigenvalue weighted by molar-refractivity contribution is -0.126. The second kappa shape index (κ2) is 6.70. The molecule has 0 N–H and O–H groups in total. The summed E-state index contributed by atoms with van der Waals surface area (Å²) in [6.45, 7) is 3.57. The van der Waals surface area contributed by atoms with E-state index in [1.54, 1.807) is 18.2 Å². The highest BCUT2D eigenvalue weighted by Crippen LogP contribution is 2.22. The fourth-order valence-electron chi connectivity index (χ4n) is 2.48. The van der Waals surface area contributed by atoms with E-state index in [0.29, 0.717) is 40.9 Å². The zero-order valence-corrected chi connectivity index (χ0v) is 12.9. The van der Waals surface area contributed by atoms with Crippen molar-refractivity contribution in [1.29, 1.82) is 0 Å². The zero-order chi connectivity index (χ0) is 14.7. The highest BCUT2D eigenvalue weighted by molar-refractivity contribution is 6.36. The maximum absolute atomic E-state index is 12.3. The number of carbonyl (C=O) groups excluding carboxylic acids is 2. The lowest BCUT2D eigenvalue weighted by Gasteiger charge is -2.30. The molecule has 1 heterocycles. The van der Waals surface area contributed by atoms with E-state index >= 15 is 0 Å². The number of likely N-dealkylation sites (tertiary alicyclic amines) is 1. The van der Waals surface area contributed by atoms with Crippen LogP contribution in [0, 0.1) is 5.92 Å². The average Bonchev–Trinajstić information content (AvgIpc) is 2.43. The van der Waals surface area contributed by atoms with Gasteiger partial charge in [-0.15, -0.1) is 0 Å². The van der Waals surface area contributed by atoms with Gasteiger partial charge in [0.25, 0.3) is 0 Å². The summed E-state index contributed by atoms with van der Waals surface area (Å²) >= 11 is 11.9. The molecule has 1 aliphatic rings. The monoisotopic (exact) mass is 313 g/mol. The van der Waals surface area contributed by atoms with Crippen LogP contribution in [0.3, 0.4) is 0 Å². The minimum atomic E-state index is -0.0540. The molecule has 1 saturated heterocycles. The van der Waals surface area contributed by atoms with E-state index in [1.807, 2.05) is 11.8 Å². The Balaban J connectivity index is 2.04. The summed E-state index contributed by atoms with van der Waals surface area (Å²) in [6, 6.07) is 4.89. The SMILES string of the molecule is CCC1CN(CC(=O)c2cc(Cl)ccc2Cl)CCC1=O. The minimum Gasteiger partial charge on any atom is -0.299 e. The molecule has 3 nitrogen and oxygen atoms in total. The van der Waals surface area contributed by atoms with Crippen molar-refractivity contribution in [3.05, 3.63) is 33.8 Å². The van der Waals surface area contributed by atoms with Crippen LogP contribution in [0.1, 0.15) is 30.1 Å². The summed E-state index contributed by atoms with van der Waals surface area (Å²) in [5, 5.41) is 0.914. The Bertz CT molecular complexity index is 531. The van der Waals surface area contributed by atoms with Crippen molar-refractivity contribution in [2.75, 3.05) is 19.6 Å². The molecule has 20 heavy (non-hydrogen) atoms. The van der Waals surface area contributed by atoms with Gasteiger partial charge in [-0.05, 0) is 24.6 Å². The van der Waals surface area contributed by atoms with Crippen molar-refractivity contribution < 1.29 is 9.59 Å². The van der Waals surface area contributed by atoms with Crippen molar-refractivity contribution in [2.45, 2.75) is 19.8 Å². The first-order valence-corrected chi connectivity index (χ1v) is 7.50. The summed E-state index contributed by atoms with van der Waals surface area (Å²) in [4.78, 5) is 26.0. The Morgan fingerprint density at radius 1 is 1.40 bits per heavy atom. The third-order valence-electron chi connectivity index (χ3n) is 3.70. The predicted molar refractivity (Wildman–Crippen MR) is 80.6 cm³/mol. The summed E-state index contributed by atoms with van der Waals surface area (Å²) in [5.41, 5.74) is 0.448. The van der Waals surface area contributed by atoms with Crippen molar-refractivity contribution in [3.8, 4) is 0 Å². The summed E-state index contributed by atoms with van der Waals surface area (Å²) in [5.74, 6) is 0.296. The molecule has 0 aliphatic carbocycles. The molecule has 0 saturated carbocycles.